The number of rotatable bonds is 3. The molecule has 1 atom stereocenters. The number of ketones is 1. The maximum atomic E-state index is 13.6. The van der Waals surface area contributed by atoms with Crippen molar-refractivity contribution in [2.75, 3.05) is 5.32 Å². The summed E-state index contributed by atoms with van der Waals surface area (Å²) in [6, 6.07) is 13.7. The van der Waals surface area contributed by atoms with Crippen LogP contribution < -0.4 is 10.6 Å². The van der Waals surface area contributed by atoms with Crippen LogP contribution in [0.4, 0.5) is 5.13 Å². The van der Waals surface area contributed by atoms with Crippen molar-refractivity contribution in [2.24, 2.45) is 0 Å². The Hall–Kier alpha value is -2.29. The van der Waals surface area contributed by atoms with E-state index in [1.807, 2.05) is 49.4 Å². The second-order valence-electron chi connectivity index (χ2n) is 7.91. The van der Waals surface area contributed by atoms with E-state index in [0.29, 0.717) is 22.7 Å². The number of fused-ring (bicyclic) bond motifs is 1. The molecule has 5 rings (SSSR count). The molecule has 0 radical (unpaired) electrons. The number of nitrogens with one attached hydrogen (secondary N) is 2. The predicted molar refractivity (Wildman–Crippen MR) is 135 cm³/mol. The third-order valence-corrected chi connectivity index (χ3v) is 7.69. The molecule has 1 aliphatic carbocycles. The molecule has 0 fully saturated rings. The molecule has 32 heavy (non-hydrogen) atoms. The number of amides is 1. The third-order valence-electron chi connectivity index (χ3n) is 5.77. The summed E-state index contributed by atoms with van der Waals surface area (Å²) in [5.74, 6) is -0.561. The van der Waals surface area contributed by atoms with Gasteiger partial charge in [0.2, 0.25) is 0 Å². The van der Waals surface area contributed by atoms with Crippen LogP contribution in [-0.2, 0) is 9.59 Å². The molecule has 1 amide bonds. The number of Topliss-reactive ketones (excluding diaryl/α,β-unsaturated/α-hetero) is 1. The number of allylic oxidation sites excluding steroid dienone is 3. The van der Waals surface area contributed by atoms with Gasteiger partial charge in [-0.1, -0.05) is 55.3 Å². The summed E-state index contributed by atoms with van der Waals surface area (Å²) in [6.45, 7) is 1.90. The van der Waals surface area contributed by atoms with E-state index in [1.165, 1.54) is 11.3 Å². The van der Waals surface area contributed by atoms with Crippen molar-refractivity contribution in [1.82, 2.24) is 10.3 Å². The van der Waals surface area contributed by atoms with Gasteiger partial charge in [0.1, 0.15) is 0 Å². The number of carbonyl (C=O) groups excluding carboxylic acids is 2. The zero-order valence-electron chi connectivity index (χ0n) is 17.2. The third kappa shape index (κ3) is 3.95. The molecule has 0 bridgehead atoms. The highest BCUT2D eigenvalue weighted by atomic mass is 79.9. The first-order chi connectivity index (χ1) is 15.4. The second-order valence-corrected chi connectivity index (χ2v) is 10.8. The zero-order valence-corrected chi connectivity index (χ0v) is 21.2. The lowest BCUT2D eigenvalue weighted by Crippen LogP contribution is -2.35. The Kier molecular flexibility index (Phi) is 5.77. The highest BCUT2D eigenvalue weighted by Gasteiger charge is 2.38. The molecular formula is C24H19Br2N3O2S. The molecule has 1 aliphatic heterocycles. The fourth-order valence-corrected chi connectivity index (χ4v) is 6.25. The highest BCUT2D eigenvalue weighted by molar-refractivity contribution is 9.10. The monoisotopic (exact) mass is 571 g/mol. The molecule has 5 nitrogen and oxygen atoms in total. The van der Waals surface area contributed by atoms with E-state index >= 15 is 0 Å². The molecule has 2 aromatic carbocycles. The van der Waals surface area contributed by atoms with Crippen LogP contribution in [0.5, 0.6) is 0 Å². The first-order valence-corrected chi connectivity index (χ1v) is 12.7. The van der Waals surface area contributed by atoms with E-state index in [9.17, 15) is 9.59 Å². The smallest absolute Gasteiger partial charge is 0.256 e. The maximum Gasteiger partial charge on any atom is 0.256 e. The molecule has 0 spiro atoms. The van der Waals surface area contributed by atoms with E-state index in [4.69, 9.17) is 0 Å². The molecule has 3 aromatic rings. The van der Waals surface area contributed by atoms with Gasteiger partial charge in [0.25, 0.3) is 5.91 Å². The Balaban J connectivity index is 1.56. The first-order valence-electron chi connectivity index (χ1n) is 10.3. The van der Waals surface area contributed by atoms with Crippen LogP contribution in [-0.4, -0.2) is 16.7 Å². The van der Waals surface area contributed by atoms with Crippen LogP contribution in [0.25, 0.3) is 10.2 Å². The largest absolute Gasteiger partial charge is 0.362 e. The van der Waals surface area contributed by atoms with Crippen molar-refractivity contribution < 1.29 is 9.59 Å². The van der Waals surface area contributed by atoms with Gasteiger partial charge in [-0.05, 0) is 55.7 Å². The van der Waals surface area contributed by atoms with Crippen LogP contribution in [0.2, 0.25) is 0 Å². The highest BCUT2D eigenvalue weighted by Crippen LogP contribution is 2.43. The number of dihydropyridines is 1. The number of carbonyl (C=O) groups is 2. The van der Waals surface area contributed by atoms with Crippen molar-refractivity contribution in [3.05, 3.63) is 79.5 Å². The Morgan fingerprint density at radius 1 is 1.16 bits per heavy atom. The topological polar surface area (TPSA) is 71.1 Å². The normalized spacial score (nSPS) is 18.6. The van der Waals surface area contributed by atoms with Crippen molar-refractivity contribution in [3.63, 3.8) is 0 Å². The van der Waals surface area contributed by atoms with Gasteiger partial charge in [0.15, 0.2) is 10.9 Å². The van der Waals surface area contributed by atoms with Crippen molar-refractivity contribution in [1.29, 1.82) is 0 Å². The lowest BCUT2D eigenvalue weighted by Gasteiger charge is -2.34. The van der Waals surface area contributed by atoms with Gasteiger partial charge in [0.05, 0.1) is 10.2 Å². The number of hydrogen-bond acceptors (Lipinski definition) is 5. The van der Waals surface area contributed by atoms with Gasteiger partial charge in [0, 0.05) is 43.8 Å². The van der Waals surface area contributed by atoms with Crippen LogP contribution in [0.15, 0.2) is 74.0 Å². The molecule has 0 saturated carbocycles. The summed E-state index contributed by atoms with van der Waals surface area (Å²) in [5.41, 5.74) is 4.71. The van der Waals surface area contributed by atoms with Crippen LogP contribution in [0, 0.1) is 0 Å². The van der Waals surface area contributed by atoms with E-state index < -0.39 is 5.92 Å². The molecule has 2 aliphatic rings. The van der Waals surface area contributed by atoms with Gasteiger partial charge < -0.3 is 5.32 Å². The SMILES string of the molecule is CC1=C(C(=O)Nc2nc3ccc(Br)cc3s2)C(c2cccc(Br)c2)C2=C(CCCC2=O)N1. The summed E-state index contributed by atoms with van der Waals surface area (Å²) < 4.78 is 2.86. The van der Waals surface area contributed by atoms with Gasteiger partial charge in [-0.2, -0.15) is 0 Å². The first kappa shape index (κ1) is 21.6. The van der Waals surface area contributed by atoms with Gasteiger partial charge in [-0.3, -0.25) is 14.9 Å². The molecule has 8 heteroatoms. The van der Waals surface area contributed by atoms with Crippen LogP contribution in [0.1, 0.15) is 37.7 Å². The number of halogens is 2. The number of thiazole rings is 1. The zero-order chi connectivity index (χ0) is 22.4. The summed E-state index contributed by atoms with van der Waals surface area (Å²) in [5, 5.41) is 6.88. The minimum Gasteiger partial charge on any atom is -0.362 e. The summed E-state index contributed by atoms with van der Waals surface area (Å²) in [6.07, 6.45) is 2.14. The Bertz CT molecular complexity index is 1340. The minimum atomic E-state index is -0.417. The standard InChI is InChI=1S/C24H19Br2N3O2S/c1-12-20(23(31)29-24-28-16-9-8-15(26)11-19(16)32-24)21(13-4-2-5-14(25)10-13)22-17(27-12)6-3-7-18(22)30/h2,4-5,8-11,21,27H,3,6-7H2,1H3,(H,28,29,31). The number of hydrogen-bond donors (Lipinski definition) is 2. The lowest BCUT2D eigenvalue weighted by molar-refractivity contribution is -0.116. The van der Waals surface area contributed by atoms with Gasteiger partial charge >= 0.3 is 0 Å². The number of aromatic nitrogens is 1. The van der Waals surface area contributed by atoms with Gasteiger partial charge in [-0.25, -0.2) is 4.98 Å². The van der Waals surface area contributed by atoms with Crippen LogP contribution >= 0.6 is 43.2 Å². The quantitative estimate of drug-likeness (QED) is 0.379. The summed E-state index contributed by atoms with van der Waals surface area (Å²) in [4.78, 5) is 31.1. The van der Waals surface area contributed by atoms with E-state index in [-0.39, 0.29) is 11.7 Å². The molecular weight excluding hydrogens is 554 g/mol. The second kappa shape index (κ2) is 8.57. The Morgan fingerprint density at radius 3 is 2.78 bits per heavy atom. The lowest BCUT2D eigenvalue weighted by atomic mass is 9.75. The maximum absolute atomic E-state index is 13.6. The molecule has 162 valence electrons. The van der Waals surface area contributed by atoms with Crippen molar-refractivity contribution >= 4 is 70.2 Å². The average molecular weight is 573 g/mol. The molecule has 1 aromatic heterocycles. The fourth-order valence-electron chi connectivity index (χ4n) is 4.42. The van der Waals surface area contributed by atoms with Gasteiger partial charge in [-0.15, -0.1) is 0 Å². The number of benzene rings is 2. The number of anilines is 1. The molecule has 0 saturated heterocycles. The molecule has 2 heterocycles. The van der Waals surface area contributed by atoms with Crippen molar-refractivity contribution in [2.45, 2.75) is 32.1 Å². The Morgan fingerprint density at radius 2 is 1.97 bits per heavy atom. The van der Waals surface area contributed by atoms with E-state index in [0.717, 1.165) is 49.0 Å². The van der Waals surface area contributed by atoms with E-state index in [1.54, 1.807) is 0 Å². The molecule has 2 N–H and O–H groups in total. The minimum absolute atomic E-state index is 0.103. The molecule has 1 unspecified atom stereocenters. The fraction of sp³-hybridized carbons (Fsp3) is 0.208. The predicted octanol–water partition coefficient (Wildman–Crippen LogP) is 6.43. The van der Waals surface area contributed by atoms with E-state index in [2.05, 4.69) is 47.5 Å². The van der Waals surface area contributed by atoms with Crippen molar-refractivity contribution in [3.8, 4) is 0 Å². The van der Waals surface area contributed by atoms with Crippen LogP contribution in [0.3, 0.4) is 0 Å². The Labute approximate surface area is 206 Å². The number of nitrogens with zero attached hydrogens (tertiary/aromatic N) is 1. The average Bonchev–Trinajstić information content (AvgIpc) is 3.14. The summed E-state index contributed by atoms with van der Waals surface area (Å²) in [7, 11) is 0. The summed E-state index contributed by atoms with van der Waals surface area (Å²) >= 11 is 8.44.